The molecule has 0 aliphatic carbocycles. The van der Waals surface area contributed by atoms with Crippen LogP contribution in [0.15, 0.2) is 12.1 Å². The van der Waals surface area contributed by atoms with Gasteiger partial charge < -0.3 is 14.8 Å². The summed E-state index contributed by atoms with van der Waals surface area (Å²) >= 11 is 12.0. The number of fused-ring (bicyclic) bond motifs is 1. The Morgan fingerprint density at radius 2 is 1.90 bits per heavy atom. The molecule has 0 fully saturated rings. The fraction of sp³-hybridized carbons (Fsp3) is 0.500. The van der Waals surface area contributed by atoms with E-state index in [-0.39, 0.29) is 11.8 Å². The van der Waals surface area contributed by atoms with E-state index in [4.69, 9.17) is 32.7 Å². The molecule has 0 unspecified atom stereocenters. The number of ether oxygens (including phenoxy) is 2. The van der Waals surface area contributed by atoms with E-state index < -0.39 is 5.41 Å². The van der Waals surface area contributed by atoms with Crippen molar-refractivity contribution in [1.29, 1.82) is 0 Å². The Kier molecular flexibility index (Phi) is 4.66. The van der Waals surface area contributed by atoms with E-state index in [9.17, 15) is 4.79 Å². The molecule has 6 heteroatoms. The Bertz CT molecular complexity index is 517. The monoisotopic (exact) mass is 317 g/mol. The van der Waals surface area contributed by atoms with Gasteiger partial charge in [-0.3, -0.25) is 4.79 Å². The number of carbonyl (C=O) groups is 1. The molecule has 0 aromatic heterocycles. The summed E-state index contributed by atoms with van der Waals surface area (Å²) in [6, 6.07) is 3.34. The van der Waals surface area contributed by atoms with E-state index in [0.717, 1.165) is 6.42 Å². The minimum Gasteiger partial charge on any atom is -0.490 e. The van der Waals surface area contributed by atoms with Gasteiger partial charge in [0, 0.05) is 24.4 Å². The highest BCUT2D eigenvalue weighted by Gasteiger charge is 2.27. The van der Waals surface area contributed by atoms with Crippen LogP contribution in [0.2, 0.25) is 5.02 Å². The molecule has 0 bridgehead atoms. The third-order valence-corrected chi connectivity index (χ3v) is 4.02. The van der Waals surface area contributed by atoms with Gasteiger partial charge in [0.25, 0.3) is 0 Å². The summed E-state index contributed by atoms with van der Waals surface area (Å²) in [5, 5.41) is 3.19. The second kappa shape index (κ2) is 6.10. The summed E-state index contributed by atoms with van der Waals surface area (Å²) in [6.45, 7) is 4.71. The highest BCUT2D eigenvalue weighted by molar-refractivity contribution is 6.34. The first-order valence-corrected chi connectivity index (χ1v) is 7.32. The molecular formula is C14H17Cl2NO3. The molecule has 1 amide bonds. The fourth-order valence-corrected chi connectivity index (χ4v) is 1.95. The molecule has 0 atom stereocenters. The lowest BCUT2D eigenvalue weighted by Gasteiger charge is -2.21. The van der Waals surface area contributed by atoms with E-state index in [0.29, 0.717) is 35.4 Å². The second-order valence-corrected chi connectivity index (χ2v) is 5.98. The van der Waals surface area contributed by atoms with E-state index in [1.807, 2.05) is 0 Å². The van der Waals surface area contributed by atoms with Crippen LogP contribution in [0.25, 0.3) is 0 Å². The number of hydrogen-bond donors (Lipinski definition) is 1. The summed E-state index contributed by atoms with van der Waals surface area (Å²) in [6.07, 6.45) is 0.813. The number of benzene rings is 1. The molecule has 2 rings (SSSR count). The Balaban J connectivity index is 2.25. The first kappa shape index (κ1) is 15.3. The molecule has 0 saturated heterocycles. The number of anilines is 1. The van der Waals surface area contributed by atoms with Gasteiger partial charge in [-0.05, 0) is 13.8 Å². The van der Waals surface area contributed by atoms with Crippen molar-refractivity contribution in [2.24, 2.45) is 5.41 Å². The molecule has 0 saturated carbocycles. The van der Waals surface area contributed by atoms with Crippen molar-refractivity contribution in [1.82, 2.24) is 0 Å². The van der Waals surface area contributed by atoms with Gasteiger partial charge in [-0.15, -0.1) is 11.6 Å². The van der Waals surface area contributed by atoms with Crippen LogP contribution in [0.3, 0.4) is 0 Å². The highest BCUT2D eigenvalue weighted by Crippen LogP contribution is 2.38. The van der Waals surface area contributed by atoms with E-state index in [1.54, 1.807) is 26.0 Å². The minimum atomic E-state index is -0.672. The summed E-state index contributed by atoms with van der Waals surface area (Å²) < 4.78 is 11.1. The molecule has 20 heavy (non-hydrogen) atoms. The van der Waals surface area contributed by atoms with Gasteiger partial charge >= 0.3 is 0 Å². The second-order valence-electron chi connectivity index (χ2n) is 5.30. The Morgan fingerprint density at radius 1 is 1.30 bits per heavy atom. The predicted octanol–water partition coefficient (Wildman–Crippen LogP) is 3.70. The molecule has 1 aliphatic rings. The maximum absolute atomic E-state index is 12.1. The van der Waals surface area contributed by atoms with Crippen LogP contribution in [0.1, 0.15) is 20.3 Å². The van der Waals surface area contributed by atoms with Crippen LogP contribution in [0, 0.1) is 5.41 Å². The first-order chi connectivity index (χ1) is 9.44. The third-order valence-electron chi connectivity index (χ3n) is 3.03. The van der Waals surface area contributed by atoms with Crippen LogP contribution in [0.5, 0.6) is 11.5 Å². The molecule has 1 N–H and O–H groups in total. The molecule has 1 aliphatic heterocycles. The van der Waals surface area contributed by atoms with Crippen molar-refractivity contribution < 1.29 is 14.3 Å². The third kappa shape index (κ3) is 3.30. The normalized spacial score (nSPS) is 14.6. The van der Waals surface area contributed by atoms with Crippen LogP contribution in [0.4, 0.5) is 5.69 Å². The Hall–Kier alpha value is -1.13. The number of carbonyl (C=O) groups excluding carboxylic acids is 1. The van der Waals surface area contributed by atoms with Crippen LogP contribution >= 0.6 is 23.2 Å². The number of halogens is 2. The lowest BCUT2D eigenvalue weighted by molar-refractivity contribution is -0.122. The number of nitrogens with one attached hydrogen (secondary N) is 1. The van der Waals surface area contributed by atoms with Crippen molar-refractivity contribution in [2.45, 2.75) is 20.3 Å². The van der Waals surface area contributed by atoms with Gasteiger partial charge in [0.15, 0.2) is 11.5 Å². The number of rotatable bonds is 3. The van der Waals surface area contributed by atoms with E-state index >= 15 is 0 Å². The first-order valence-electron chi connectivity index (χ1n) is 6.40. The van der Waals surface area contributed by atoms with Gasteiger partial charge in [-0.25, -0.2) is 0 Å². The average Bonchev–Trinajstić information content (AvgIpc) is 2.64. The average molecular weight is 318 g/mol. The van der Waals surface area contributed by atoms with Crippen LogP contribution in [-0.2, 0) is 4.79 Å². The van der Waals surface area contributed by atoms with Crippen LogP contribution in [-0.4, -0.2) is 25.0 Å². The van der Waals surface area contributed by atoms with Gasteiger partial charge in [0.05, 0.1) is 29.3 Å². The van der Waals surface area contributed by atoms with Crippen molar-refractivity contribution in [3.8, 4) is 11.5 Å². The molecule has 110 valence electrons. The predicted molar refractivity (Wildman–Crippen MR) is 80.2 cm³/mol. The molecule has 1 heterocycles. The molecule has 4 nitrogen and oxygen atoms in total. The van der Waals surface area contributed by atoms with Crippen molar-refractivity contribution >= 4 is 34.8 Å². The topological polar surface area (TPSA) is 47.6 Å². The lowest BCUT2D eigenvalue weighted by atomic mass is 9.95. The maximum atomic E-state index is 12.1. The number of amides is 1. The van der Waals surface area contributed by atoms with Crippen molar-refractivity contribution in [3.05, 3.63) is 17.2 Å². The summed E-state index contributed by atoms with van der Waals surface area (Å²) in [4.78, 5) is 12.1. The lowest BCUT2D eigenvalue weighted by Crippen LogP contribution is -2.32. The Labute approximate surface area is 128 Å². The van der Waals surface area contributed by atoms with Crippen LogP contribution < -0.4 is 14.8 Å². The number of hydrogen-bond acceptors (Lipinski definition) is 3. The minimum absolute atomic E-state index is 0.191. The fourth-order valence-electron chi connectivity index (χ4n) is 1.63. The summed E-state index contributed by atoms with van der Waals surface area (Å²) in [5.41, 5.74) is -0.172. The Morgan fingerprint density at radius 3 is 2.50 bits per heavy atom. The van der Waals surface area contributed by atoms with Gasteiger partial charge in [-0.1, -0.05) is 11.6 Å². The number of alkyl halides is 1. The largest absolute Gasteiger partial charge is 0.490 e. The highest BCUT2D eigenvalue weighted by atomic mass is 35.5. The van der Waals surface area contributed by atoms with Crippen molar-refractivity contribution in [2.75, 3.05) is 24.4 Å². The maximum Gasteiger partial charge on any atom is 0.231 e. The molecule has 1 aromatic carbocycles. The zero-order valence-electron chi connectivity index (χ0n) is 11.5. The van der Waals surface area contributed by atoms with E-state index in [1.165, 1.54) is 0 Å². The van der Waals surface area contributed by atoms with Gasteiger partial charge in [-0.2, -0.15) is 0 Å². The molecule has 0 radical (unpaired) electrons. The standard InChI is InChI=1S/C14H17Cl2NO3/c1-14(2,8-15)13(18)17-10-7-12-11(6-9(10)16)19-4-3-5-20-12/h6-7H,3-5,8H2,1-2H3,(H,17,18). The molecular weight excluding hydrogens is 301 g/mol. The van der Waals surface area contributed by atoms with Crippen molar-refractivity contribution in [3.63, 3.8) is 0 Å². The van der Waals surface area contributed by atoms with Gasteiger partial charge in [0.2, 0.25) is 5.91 Å². The smallest absolute Gasteiger partial charge is 0.231 e. The zero-order chi connectivity index (χ0) is 14.8. The molecule has 0 spiro atoms. The van der Waals surface area contributed by atoms with E-state index in [2.05, 4.69) is 5.32 Å². The molecule has 1 aromatic rings. The summed E-state index contributed by atoms with van der Waals surface area (Å²) in [5.74, 6) is 1.22. The quantitative estimate of drug-likeness (QED) is 0.864. The zero-order valence-corrected chi connectivity index (χ0v) is 13.0. The summed E-state index contributed by atoms with van der Waals surface area (Å²) in [7, 11) is 0. The van der Waals surface area contributed by atoms with Gasteiger partial charge in [0.1, 0.15) is 0 Å². The SMILES string of the molecule is CC(C)(CCl)C(=O)Nc1cc2c(cc1Cl)OCCCO2.